The zero-order valence-corrected chi connectivity index (χ0v) is 39.1. The summed E-state index contributed by atoms with van der Waals surface area (Å²) < 4.78 is 16.0. The molecule has 16 nitrogen and oxygen atoms in total. The molecule has 2 fully saturated rings. The Kier molecular flexibility index (Phi) is 23.0. The van der Waals surface area contributed by atoms with Gasteiger partial charge in [-0.25, -0.2) is 4.57 Å². The first-order chi connectivity index (χ1) is 31.2. The van der Waals surface area contributed by atoms with Crippen molar-refractivity contribution in [2.75, 3.05) is 0 Å². The molecule has 6 amide bonds. The Labute approximate surface area is 384 Å². The number of primary amides is 1. The lowest BCUT2D eigenvalue weighted by Crippen LogP contribution is -2.60. The number of nitrogens with two attached hydrogens (primary N) is 1. The van der Waals surface area contributed by atoms with E-state index in [0.717, 1.165) is 31.2 Å². The molecular formula is C48H73N6O10P. The maximum absolute atomic E-state index is 14.5. The van der Waals surface area contributed by atoms with Crippen LogP contribution in [0.2, 0.25) is 0 Å². The van der Waals surface area contributed by atoms with Crippen LogP contribution >= 0.6 is 7.82 Å². The molecule has 4 rings (SSSR count). The van der Waals surface area contributed by atoms with Gasteiger partial charge in [0.05, 0.1) is 0 Å². The average molecular weight is 925 g/mol. The second-order valence-electron chi connectivity index (χ2n) is 17.7. The summed E-state index contributed by atoms with van der Waals surface area (Å²) in [7, 11) is -4.80. The summed E-state index contributed by atoms with van der Waals surface area (Å²) in [5.41, 5.74) is 6.83. The van der Waals surface area contributed by atoms with Gasteiger partial charge in [0.25, 0.3) is 0 Å². The van der Waals surface area contributed by atoms with Gasteiger partial charge in [0.15, 0.2) is 0 Å². The van der Waals surface area contributed by atoms with Crippen molar-refractivity contribution in [3.8, 4) is 5.75 Å². The van der Waals surface area contributed by atoms with Crippen molar-refractivity contribution in [1.29, 1.82) is 0 Å². The third-order valence-electron chi connectivity index (χ3n) is 12.3. The first kappa shape index (κ1) is 52.8. The molecule has 2 aromatic rings. The molecule has 0 aromatic heterocycles. The van der Waals surface area contributed by atoms with Gasteiger partial charge in [-0.2, -0.15) is 0 Å². The van der Waals surface area contributed by atoms with E-state index < -0.39 is 61.5 Å². The summed E-state index contributed by atoms with van der Waals surface area (Å²) in [6.07, 6.45) is 18.5. The highest BCUT2D eigenvalue weighted by molar-refractivity contribution is 7.46. The highest BCUT2D eigenvalue weighted by Crippen LogP contribution is 2.37. The van der Waals surface area contributed by atoms with E-state index in [1.54, 1.807) is 12.1 Å². The summed E-state index contributed by atoms with van der Waals surface area (Å²) in [5.74, 6) is -3.06. The van der Waals surface area contributed by atoms with Gasteiger partial charge in [0.1, 0.15) is 29.9 Å². The van der Waals surface area contributed by atoms with Gasteiger partial charge < -0.3 is 36.4 Å². The van der Waals surface area contributed by atoms with Crippen LogP contribution in [-0.4, -0.2) is 80.3 Å². The Morgan fingerprint density at radius 3 is 1.97 bits per heavy atom. The van der Waals surface area contributed by atoms with Crippen LogP contribution < -0.4 is 31.5 Å². The van der Waals surface area contributed by atoms with Crippen molar-refractivity contribution in [1.82, 2.24) is 26.2 Å². The van der Waals surface area contributed by atoms with Crippen LogP contribution in [0, 0.1) is 0 Å². The number of phosphoric ester groups is 1. The number of phosphoric acid groups is 1. The smallest absolute Gasteiger partial charge is 0.404 e. The zero-order chi connectivity index (χ0) is 47.0. The van der Waals surface area contributed by atoms with Gasteiger partial charge in [0.2, 0.25) is 35.4 Å². The van der Waals surface area contributed by atoms with Crippen LogP contribution in [0.5, 0.6) is 5.75 Å². The van der Waals surface area contributed by atoms with Gasteiger partial charge in [-0.3, -0.25) is 38.6 Å². The maximum atomic E-state index is 14.5. The van der Waals surface area contributed by atoms with Gasteiger partial charge in [-0.05, 0) is 61.8 Å². The zero-order valence-electron chi connectivity index (χ0n) is 38.2. The number of carbonyl (C=O) groups excluding carboxylic acids is 6. The Balaban J connectivity index is 1.39. The van der Waals surface area contributed by atoms with E-state index in [-0.39, 0.29) is 49.9 Å². The predicted octanol–water partition coefficient (Wildman–Crippen LogP) is 6.15. The molecule has 65 heavy (non-hydrogen) atoms. The van der Waals surface area contributed by atoms with Crippen LogP contribution in [0.15, 0.2) is 54.6 Å². The van der Waals surface area contributed by atoms with Crippen molar-refractivity contribution < 1.29 is 47.6 Å². The molecular weight excluding hydrogens is 852 g/mol. The number of nitrogens with zero attached hydrogens (tertiary/aromatic N) is 1. The maximum Gasteiger partial charge on any atom is 0.524 e. The third kappa shape index (κ3) is 19.7. The van der Waals surface area contributed by atoms with Crippen molar-refractivity contribution >= 4 is 43.3 Å². The fourth-order valence-electron chi connectivity index (χ4n) is 8.77. The van der Waals surface area contributed by atoms with Gasteiger partial charge in [-0.1, -0.05) is 139 Å². The molecule has 0 saturated carbocycles. The highest BCUT2D eigenvalue weighted by Gasteiger charge is 2.45. The first-order valence-corrected chi connectivity index (χ1v) is 25.4. The lowest BCUT2D eigenvalue weighted by molar-refractivity contribution is -0.145. The van der Waals surface area contributed by atoms with Crippen LogP contribution in [0.25, 0.3) is 0 Å². The number of hydrogen-bond donors (Lipinski definition) is 7. The Morgan fingerprint density at radius 1 is 0.738 bits per heavy atom. The molecule has 2 heterocycles. The van der Waals surface area contributed by atoms with E-state index in [0.29, 0.717) is 44.1 Å². The van der Waals surface area contributed by atoms with E-state index in [1.165, 1.54) is 74.8 Å². The summed E-state index contributed by atoms with van der Waals surface area (Å²) in [6.45, 7) is 2.43. The number of fused-ring (bicyclic) bond motifs is 1. The minimum absolute atomic E-state index is 0.0175. The number of benzene rings is 2. The number of rotatable bonds is 29. The lowest BCUT2D eigenvalue weighted by atomic mass is 9.98. The van der Waals surface area contributed by atoms with Crippen LogP contribution in [0.1, 0.15) is 159 Å². The molecule has 0 unspecified atom stereocenters. The molecule has 8 N–H and O–H groups in total. The Hall–Kier alpha value is -4.79. The topological polar surface area (TPSA) is 247 Å². The Bertz CT molecular complexity index is 1860. The lowest BCUT2D eigenvalue weighted by Gasteiger charge is -2.36. The number of hydrogen-bond acceptors (Lipinski definition) is 8. The SMILES string of the molecule is CCCCCCCCCCCCCCCC(=O)N[C@@H](Cc1ccc(OP(=O)(O)O)cc1)C(=O)N[C@H]1CCCC[C@H]2CC[C@@H](C(=O)N[C@@H](CCC(N)=O)C(=O)NCc3ccccc3)N2C1=O. The van der Waals surface area contributed by atoms with Crippen LogP contribution in [-0.2, 0) is 46.3 Å². The fraction of sp³-hybridized carbons (Fsp3) is 0.625. The number of nitrogens with one attached hydrogen (secondary N) is 4. The van der Waals surface area contributed by atoms with Crippen LogP contribution in [0.3, 0.4) is 0 Å². The molecule has 360 valence electrons. The summed E-state index contributed by atoms with van der Waals surface area (Å²) in [6, 6.07) is 10.7. The molecule has 17 heteroatoms. The quantitative estimate of drug-likeness (QED) is 0.0362. The first-order valence-electron chi connectivity index (χ1n) is 23.9. The van der Waals surface area contributed by atoms with Crippen LogP contribution in [0.4, 0.5) is 0 Å². The van der Waals surface area contributed by atoms with Crippen molar-refractivity contribution in [3.63, 3.8) is 0 Å². The van der Waals surface area contributed by atoms with E-state index >= 15 is 0 Å². The van der Waals surface area contributed by atoms with Crippen molar-refractivity contribution in [3.05, 3.63) is 65.7 Å². The largest absolute Gasteiger partial charge is 0.524 e. The molecule has 2 saturated heterocycles. The predicted molar refractivity (Wildman–Crippen MR) is 248 cm³/mol. The number of unbranched alkanes of at least 4 members (excludes halogenated alkanes) is 12. The minimum Gasteiger partial charge on any atom is -0.404 e. The summed E-state index contributed by atoms with van der Waals surface area (Å²) >= 11 is 0. The third-order valence-corrected chi connectivity index (χ3v) is 12.8. The highest BCUT2D eigenvalue weighted by atomic mass is 31.2. The normalized spacial score (nSPS) is 18.4. The molecule has 5 atom stereocenters. The number of carbonyl (C=O) groups is 6. The van der Waals surface area contributed by atoms with Crippen molar-refractivity contribution in [2.24, 2.45) is 5.73 Å². The summed E-state index contributed by atoms with van der Waals surface area (Å²) in [5, 5.41) is 11.4. The van der Waals surface area contributed by atoms with Gasteiger partial charge in [-0.15, -0.1) is 0 Å². The molecule has 0 aliphatic carbocycles. The molecule has 2 aliphatic heterocycles. The van der Waals surface area contributed by atoms with Gasteiger partial charge >= 0.3 is 7.82 Å². The van der Waals surface area contributed by atoms with Crippen molar-refractivity contribution in [2.45, 2.75) is 191 Å². The molecule has 2 aliphatic rings. The summed E-state index contributed by atoms with van der Waals surface area (Å²) in [4.78, 5) is 101. The molecule has 2 aromatic carbocycles. The van der Waals surface area contributed by atoms with Gasteiger partial charge in [0, 0.05) is 31.8 Å². The monoisotopic (exact) mass is 925 g/mol. The molecule has 0 spiro atoms. The van der Waals surface area contributed by atoms with E-state index in [1.807, 2.05) is 30.3 Å². The van der Waals surface area contributed by atoms with E-state index in [9.17, 15) is 43.1 Å². The number of amides is 6. The second kappa shape index (κ2) is 28.3. The minimum atomic E-state index is -4.80. The second-order valence-corrected chi connectivity index (χ2v) is 18.8. The molecule has 0 bridgehead atoms. The molecule has 0 radical (unpaired) electrons. The van der Waals surface area contributed by atoms with E-state index in [4.69, 9.17) is 5.73 Å². The average Bonchev–Trinajstić information content (AvgIpc) is 3.69. The Morgan fingerprint density at radius 2 is 1.35 bits per heavy atom. The standard InChI is InChI=1S/C48H73N6O10P/c1-2-3-4-5-6-7-8-9-10-11-12-13-17-24-44(56)51-41(33-35-25-28-38(29-26-35)64-65(61,62)63)46(58)53-40-23-19-18-22-37-27-31-42(54(37)48(40)60)47(59)52-39(30-32-43(49)55)45(57)50-34-36-20-15-14-16-21-36/h14-16,20-21,25-26,28-29,37,39-42H,2-13,17-19,22-24,27,30-34H2,1H3,(H2,49,55)(H,50,57)(H,51,56)(H,52,59)(H,53,58)(H2,61,62,63)/t37-,39-,40-,41-,42-/m0/s1. The fourth-order valence-corrected chi connectivity index (χ4v) is 9.16. The van der Waals surface area contributed by atoms with E-state index in [2.05, 4.69) is 32.7 Å².